The van der Waals surface area contributed by atoms with Gasteiger partial charge in [-0.2, -0.15) is 0 Å². The van der Waals surface area contributed by atoms with Gasteiger partial charge in [-0.3, -0.25) is 9.69 Å². The molecule has 0 bridgehead atoms. The van der Waals surface area contributed by atoms with Crippen LogP contribution in [0.25, 0.3) is 10.2 Å². The number of aliphatic hydroxyl groups excluding tert-OH is 1. The fourth-order valence-electron chi connectivity index (χ4n) is 3.42. The van der Waals surface area contributed by atoms with Crippen molar-refractivity contribution in [1.29, 1.82) is 0 Å². The van der Waals surface area contributed by atoms with Gasteiger partial charge in [-0.05, 0) is 45.4 Å². The Labute approximate surface area is 146 Å². The molecule has 0 radical (unpaired) electrons. The van der Waals surface area contributed by atoms with Gasteiger partial charge in [0, 0.05) is 18.5 Å². The Balaban J connectivity index is 1.50. The molecule has 1 aliphatic rings. The van der Waals surface area contributed by atoms with Gasteiger partial charge in [0.1, 0.15) is 0 Å². The number of carbonyl (C=O) groups excluding carboxylic acids is 1. The van der Waals surface area contributed by atoms with Crippen LogP contribution in [-0.4, -0.2) is 52.7 Å². The zero-order valence-corrected chi connectivity index (χ0v) is 15.1. The standard InChI is InChI=1S/C18H25N3O2S/c1-12(10-18-20-13-6-3-4-9-16(13)24-18)19-17(23)11-21(2)14-7-5-8-15(14)22/h3-4,6,9,12,14-15,22H,5,7-8,10-11H2,1-2H3,(H,19,23)/t12?,14-,15-/m1/s1. The molecule has 6 heteroatoms. The fourth-order valence-corrected chi connectivity index (χ4v) is 4.52. The van der Waals surface area contributed by atoms with E-state index in [0.717, 1.165) is 36.2 Å². The highest BCUT2D eigenvalue weighted by Crippen LogP contribution is 2.23. The first-order valence-electron chi connectivity index (χ1n) is 8.55. The highest BCUT2D eigenvalue weighted by atomic mass is 32.1. The molecule has 2 N–H and O–H groups in total. The maximum Gasteiger partial charge on any atom is 0.234 e. The first kappa shape index (κ1) is 17.3. The third kappa shape index (κ3) is 4.12. The highest BCUT2D eigenvalue weighted by Gasteiger charge is 2.29. The van der Waals surface area contributed by atoms with Gasteiger partial charge in [0.05, 0.1) is 27.9 Å². The predicted molar refractivity (Wildman–Crippen MR) is 97.2 cm³/mol. The molecule has 2 aromatic rings. The molecule has 5 nitrogen and oxygen atoms in total. The number of thiazole rings is 1. The molecule has 1 aliphatic carbocycles. The van der Waals surface area contributed by atoms with Gasteiger partial charge in [0.25, 0.3) is 0 Å². The molecule has 130 valence electrons. The number of hydrogen-bond donors (Lipinski definition) is 2. The van der Waals surface area contributed by atoms with Crippen LogP contribution in [0.3, 0.4) is 0 Å². The number of benzene rings is 1. The van der Waals surface area contributed by atoms with E-state index in [1.807, 2.05) is 37.1 Å². The molecular weight excluding hydrogens is 322 g/mol. The van der Waals surface area contributed by atoms with Crippen molar-refractivity contribution in [3.05, 3.63) is 29.3 Å². The molecule has 3 rings (SSSR count). The molecule has 24 heavy (non-hydrogen) atoms. The Morgan fingerprint density at radius 3 is 2.96 bits per heavy atom. The maximum absolute atomic E-state index is 12.2. The zero-order valence-electron chi connectivity index (χ0n) is 14.2. The number of nitrogens with one attached hydrogen (secondary N) is 1. The average molecular weight is 347 g/mol. The topological polar surface area (TPSA) is 65.5 Å². The van der Waals surface area contributed by atoms with E-state index >= 15 is 0 Å². The summed E-state index contributed by atoms with van der Waals surface area (Å²) in [5, 5.41) is 14.0. The highest BCUT2D eigenvalue weighted by molar-refractivity contribution is 7.18. The molecule has 1 heterocycles. The Hall–Kier alpha value is -1.50. The van der Waals surface area contributed by atoms with Crippen LogP contribution < -0.4 is 5.32 Å². The molecule has 0 aliphatic heterocycles. The lowest BCUT2D eigenvalue weighted by Crippen LogP contribution is -2.46. The lowest BCUT2D eigenvalue weighted by molar-refractivity contribution is -0.123. The van der Waals surface area contributed by atoms with E-state index in [9.17, 15) is 9.90 Å². The first-order chi connectivity index (χ1) is 11.5. The minimum absolute atomic E-state index is 0.00483. The van der Waals surface area contributed by atoms with Gasteiger partial charge in [0.2, 0.25) is 5.91 Å². The largest absolute Gasteiger partial charge is 0.391 e. The summed E-state index contributed by atoms with van der Waals surface area (Å²) in [5.41, 5.74) is 1.02. The maximum atomic E-state index is 12.2. The van der Waals surface area contributed by atoms with E-state index < -0.39 is 0 Å². The Morgan fingerprint density at radius 1 is 1.46 bits per heavy atom. The second-order valence-electron chi connectivity index (χ2n) is 6.73. The van der Waals surface area contributed by atoms with Crippen LogP contribution in [0.5, 0.6) is 0 Å². The molecule has 3 atom stereocenters. The van der Waals surface area contributed by atoms with Gasteiger partial charge in [-0.15, -0.1) is 11.3 Å². The van der Waals surface area contributed by atoms with E-state index in [-0.39, 0.29) is 24.1 Å². The lowest BCUT2D eigenvalue weighted by atomic mass is 10.2. The van der Waals surface area contributed by atoms with E-state index in [1.54, 1.807) is 11.3 Å². The van der Waals surface area contributed by atoms with Crippen LogP contribution in [0.15, 0.2) is 24.3 Å². The van der Waals surface area contributed by atoms with Crippen molar-refractivity contribution in [3.8, 4) is 0 Å². The van der Waals surface area contributed by atoms with Crippen molar-refractivity contribution >= 4 is 27.5 Å². The predicted octanol–water partition coefficient (Wildman–Crippen LogP) is 2.19. The van der Waals surface area contributed by atoms with Crippen molar-refractivity contribution in [2.45, 2.75) is 50.8 Å². The molecule has 1 fully saturated rings. The number of fused-ring (bicyclic) bond motifs is 1. The summed E-state index contributed by atoms with van der Waals surface area (Å²) in [5.74, 6) is 0.00483. The van der Waals surface area contributed by atoms with E-state index in [4.69, 9.17) is 0 Å². The van der Waals surface area contributed by atoms with Crippen molar-refractivity contribution in [2.75, 3.05) is 13.6 Å². The Kier molecular flexibility index (Phi) is 5.48. The monoisotopic (exact) mass is 347 g/mol. The number of nitrogens with zero attached hydrogens (tertiary/aromatic N) is 2. The summed E-state index contributed by atoms with van der Waals surface area (Å²) < 4.78 is 1.18. The van der Waals surface area contributed by atoms with Crippen LogP contribution in [0, 0.1) is 0 Å². The van der Waals surface area contributed by atoms with Gasteiger partial charge < -0.3 is 10.4 Å². The van der Waals surface area contributed by atoms with Gasteiger partial charge in [-0.25, -0.2) is 4.98 Å². The zero-order chi connectivity index (χ0) is 17.1. The molecule has 1 saturated carbocycles. The Bertz CT molecular complexity index is 669. The molecule has 0 saturated heterocycles. The molecule has 1 aromatic heterocycles. The summed E-state index contributed by atoms with van der Waals surface area (Å²) in [6.07, 6.45) is 3.27. The van der Waals surface area contributed by atoms with E-state index in [2.05, 4.69) is 16.4 Å². The molecule has 1 aromatic carbocycles. The van der Waals surface area contributed by atoms with Crippen LogP contribution in [-0.2, 0) is 11.2 Å². The second kappa shape index (κ2) is 7.59. The first-order valence-corrected chi connectivity index (χ1v) is 9.36. The number of aliphatic hydroxyl groups is 1. The summed E-state index contributed by atoms with van der Waals surface area (Å²) in [4.78, 5) is 18.8. The number of amides is 1. The minimum atomic E-state index is -0.303. The van der Waals surface area contributed by atoms with E-state index in [0.29, 0.717) is 6.54 Å². The van der Waals surface area contributed by atoms with Crippen LogP contribution in [0.1, 0.15) is 31.2 Å². The average Bonchev–Trinajstić information content (AvgIpc) is 3.11. The normalized spacial score (nSPS) is 22.2. The third-order valence-corrected chi connectivity index (χ3v) is 5.69. The van der Waals surface area contributed by atoms with Crippen LogP contribution >= 0.6 is 11.3 Å². The summed E-state index contributed by atoms with van der Waals surface area (Å²) in [6, 6.07) is 8.24. The van der Waals surface area contributed by atoms with Gasteiger partial charge in [0.15, 0.2) is 0 Å². The number of rotatable bonds is 6. The van der Waals surface area contributed by atoms with Gasteiger partial charge in [-0.1, -0.05) is 12.1 Å². The van der Waals surface area contributed by atoms with E-state index in [1.165, 1.54) is 4.70 Å². The van der Waals surface area contributed by atoms with Gasteiger partial charge >= 0.3 is 0 Å². The number of likely N-dealkylation sites (N-methyl/N-ethyl adjacent to an activating group) is 1. The number of hydrogen-bond acceptors (Lipinski definition) is 5. The molecule has 1 unspecified atom stereocenters. The quantitative estimate of drug-likeness (QED) is 0.841. The number of para-hydroxylation sites is 1. The van der Waals surface area contributed by atoms with Crippen molar-refractivity contribution in [3.63, 3.8) is 0 Å². The fraction of sp³-hybridized carbons (Fsp3) is 0.556. The SMILES string of the molecule is CC(Cc1nc2ccccc2s1)NC(=O)CN(C)[C@@H]1CCC[C@H]1O. The smallest absolute Gasteiger partial charge is 0.234 e. The second-order valence-corrected chi connectivity index (χ2v) is 7.84. The summed E-state index contributed by atoms with van der Waals surface area (Å²) >= 11 is 1.68. The van der Waals surface area contributed by atoms with Crippen molar-refractivity contribution in [1.82, 2.24) is 15.2 Å². The number of aromatic nitrogens is 1. The lowest BCUT2D eigenvalue weighted by Gasteiger charge is -2.26. The molecule has 1 amide bonds. The van der Waals surface area contributed by atoms with Crippen LogP contribution in [0.2, 0.25) is 0 Å². The van der Waals surface area contributed by atoms with Crippen molar-refractivity contribution in [2.24, 2.45) is 0 Å². The van der Waals surface area contributed by atoms with Crippen LogP contribution in [0.4, 0.5) is 0 Å². The Morgan fingerprint density at radius 2 is 2.25 bits per heavy atom. The van der Waals surface area contributed by atoms with Crippen molar-refractivity contribution < 1.29 is 9.90 Å². The summed E-state index contributed by atoms with van der Waals surface area (Å²) in [6.45, 7) is 2.33. The minimum Gasteiger partial charge on any atom is -0.391 e. The third-order valence-electron chi connectivity index (χ3n) is 4.63. The molecule has 0 spiro atoms. The summed E-state index contributed by atoms with van der Waals surface area (Å²) in [7, 11) is 1.91. The number of carbonyl (C=O) groups is 1. The molecular formula is C18H25N3O2S.